The van der Waals surface area contributed by atoms with Crippen LogP contribution in [0.2, 0.25) is 0 Å². The van der Waals surface area contributed by atoms with Gasteiger partial charge in [-0.15, -0.1) is 0 Å². The zero-order chi connectivity index (χ0) is 14.0. The van der Waals surface area contributed by atoms with Gasteiger partial charge in [-0.05, 0) is 47.5 Å². The second-order valence-electron chi connectivity index (χ2n) is 6.78. The molecule has 0 unspecified atom stereocenters. The van der Waals surface area contributed by atoms with Crippen molar-refractivity contribution in [1.29, 1.82) is 0 Å². The van der Waals surface area contributed by atoms with Crippen LogP contribution in [0, 0.1) is 5.92 Å². The Morgan fingerprint density at radius 2 is 1.72 bits per heavy atom. The highest BCUT2D eigenvalue weighted by Crippen LogP contribution is 2.29. The third-order valence-corrected chi connectivity index (χ3v) is 3.02. The average Bonchev–Trinajstić information content (AvgIpc) is 1.90. The minimum Gasteiger partial charge on any atom is -0.444 e. The smallest absolute Gasteiger partial charge is 0.408 e. The Labute approximate surface area is 109 Å². The molecule has 4 heteroatoms. The van der Waals surface area contributed by atoms with Crippen molar-refractivity contribution in [3.63, 3.8) is 0 Å². The first-order valence-corrected chi connectivity index (χ1v) is 6.63. The third kappa shape index (κ3) is 5.07. The number of alkyl carbamates (subject to hydrolysis) is 1. The summed E-state index contributed by atoms with van der Waals surface area (Å²) in [6.45, 7) is 9.16. The molecular formula is C14H25NO3. The highest BCUT2D eigenvalue weighted by atomic mass is 16.6. The maximum atomic E-state index is 11.9. The van der Waals surface area contributed by atoms with Gasteiger partial charge in [0.1, 0.15) is 11.4 Å². The number of hydrogen-bond acceptors (Lipinski definition) is 3. The summed E-state index contributed by atoms with van der Waals surface area (Å²) in [6, 6.07) is 0. The van der Waals surface area contributed by atoms with Crippen LogP contribution < -0.4 is 5.32 Å². The summed E-state index contributed by atoms with van der Waals surface area (Å²) in [5, 5.41) is 2.76. The van der Waals surface area contributed by atoms with Crippen molar-refractivity contribution in [2.45, 2.75) is 71.4 Å². The molecule has 4 nitrogen and oxygen atoms in total. The normalized spacial score (nSPS) is 16.9. The van der Waals surface area contributed by atoms with Crippen LogP contribution in [0.1, 0.15) is 60.3 Å². The van der Waals surface area contributed by atoms with E-state index in [4.69, 9.17) is 4.74 Å². The summed E-state index contributed by atoms with van der Waals surface area (Å²) in [7, 11) is 0. The molecule has 1 rings (SSSR count). The summed E-state index contributed by atoms with van der Waals surface area (Å²) >= 11 is 0. The van der Waals surface area contributed by atoms with E-state index in [2.05, 4.69) is 5.32 Å². The molecule has 0 aromatic heterocycles. The largest absolute Gasteiger partial charge is 0.444 e. The van der Waals surface area contributed by atoms with Gasteiger partial charge >= 0.3 is 6.09 Å². The fourth-order valence-corrected chi connectivity index (χ4v) is 1.93. The van der Waals surface area contributed by atoms with Crippen molar-refractivity contribution < 1.29 is 14.3 Å². The van der Waals surface area contributed by atoms with Crippen molar-refractivity contribution in [1.82, 2.24) is 5.32 Å². The Balaban J connectivity index is 2.42. The lowest BCUT2D eigenvalue weighted by Gasteiger charge is -2.31. The SMILES string of the molecule is CC(C)(CC(=O)C1CCC1)NC(=O)OC(C)(C)C. The number of Topliss-reactive ketones (excluding diaryl/α,β-unsaturated/α-hetero) is 1. The fraction of sp³-hybridized carbons (Fsp3) is 0.857. The maximum Gasteiger partial charge on any atom is 0.408 e. The molecule has 0 spiro atoms. The van der Waals surface area contributed by atoms with E-state index in [-0.39, 0.29) is 11.7 Å². The Bertz CT molecular complexity index is 324. The minimum absolute atomic E-state index is 0.213. The number of ether oxygens (including phenoxy) is 1. The second-order valence-corrected chi connectivity index (χ2v) is 6.78. The van der Waals surface area contributed by atoms with Crippen LogP contribution in [-0.4, -0.2) is 23.0 Å². The summed E-state index contributed by atoms with van der Waals surface area (Å²) in [5.74, 6) is 0.465. The molecule has 0 aliphatic heterocycles. The van der Waals surface area contributed by atoms with Crippen LogP contribution >= 0.6 is 0 Å². The summed E-state index contributed by atoms with van der Waals surface area (Å²) in [5.41, 5.74) is -1.06. The monoisotopic (exact) mass is 255 g/mol. The van der Waals surface area contributed by atoms with Gasteiger partial charge in [0.05, 0.1) is 0 Å². The molecule has 1 fully saturated rings. The molecular weight excluding hydrogens is 230 g/mol. The van der Waals surface area contributed by atoms with Gasteiger partial charge in [0, 0.05) is 17.9 Å². The number of hydrogen-bond donors (Lipinski definition) is 1. The van der Waals surface area contributed by atoms with Gasteiger partial charge in [-0.2, -0.15) is 0 Å². The average molecular weight is 255 g/mol. The Morgan fingerprint density at radius 1 is 1.17 bits per heavy atom. The molecule has 1 N–H and O–H groups in total. The van der Waals surface area contributed by atoms with Crippen molar-refractivity contribution >= 4 is 11.9 Å². The van der Waals surface area contributed by atoms with Crippen molar-refractivity contribution in [2.24, 2.45) is 5.92 Å². The first-order valence-electron chi connectivity index (χ1n) is 6.63. The maximum absolute atomic E-state index is 11.9. The standard InChI is InChI=1S/C14H25NO3/c1-13(2,3)18-12(17)15-14(4,5)9-11(16)10-7-6-8-10/h10H,6-9H2,1-5H3,(H,15,17). The fourth-order valence-electron chi connectivity index (χ4n) is 1.93. The first kappa shape index (κ1) is 15.0. The molecule has 104 valence electrons. The molecule has 0 heterocycles. The van der Waals surface area contributed by atoms with E-state index in [1.54, 1.807) is 0 Å². The molecule has 18 heavy (non-hydrogen) atoms. The number of carbonyl (C=O) groups is 2. The molecule has 1 aliphatic rings. The zero-order valence-corrected chi connectivity index (χ0v) is 12.1. The van der Waals surface area contributed by atoms with Gasteiger partial charge in [0.25, 0.3) is 0 Å². The van der Waals surface area contributed by atoms with Gasteiger partial charge in [0.15, 0.2) is 0 Å². The number of nitrogens with one attached hydrogen (secondary N) is 1. The van der Waals surface area contributed by atoms with Crippen LogP contribution in [0.25, 0.3) is 0 Å². The van der Waals surface area contributed by atoms with Crippen molar-refractivity contribution in [2.75, 3.05) is 0 Å². The molecule has 0 aromatic carbocycles. The van der Waals surface area contributed by atoms with E-state index in [1.165, 1.54) is 0 Å². The molecule has 1 amide bonds. The van der Waals surface area contributed by atoms with Gasteiger partial charge in [-0.1, -0.05) is 6.42 Å². The van der Waals surface area contributed by atoms with Crippen LogP contribution in [-0.2, 0) is 9.53 Å². The number of carbonyl (C=O) groups excluding carboxylic acids is 2. The molecule has 0 bridgehead atoms. The topological polar surface area (TPSA) is 55.4 Å². The molecule has 0 atom stereocenters. The van der Waals surface area contributed by atoms with Gasteiger partial charge in [0.2, 0.25) is 0 Å². The van der Waals surface area contributed by atoms with Crippen molar-refractivity contribution in [3.05, 3.63) is 0 Å². The molecule has 0 aromatic rings. The van der Waals surface area contributed by atoms with Crippen LogP contribution in [0.15, 0.2) is 0 Å². The Hall–Kier alpha value is -1.06. The van der Waals surface area contributed by atoms with Gasteiger partial charge in [-0.25, -0.2) is 4.79 Å². The quantitative estimate of drug-likeness (QED) is 0.840. The predicted molar refractivity (Wildman–Crippen MR) is 70.4 cm³/mol. The molecule has 0 saturated heterocycles. The van der Waals surface area contributed by atoms with E-state index in [1.807, 2.05) is 34.6 Å². The number of rotatable bonds is 4. The van der Waals surface area contributed by atoms with Crippen molar-refractivity contribution in [3.8, 4) is 0 Å². The van der Waals surface area contributed by atoms with Crippen LogP contribution in [0.3, 0.4) is 0 Å². The lowest BCUT2D eigenvalue weighted by atomic mass is 9.78. The van der Waals surface area contributed by atoms with Crippen LogP contribution in [0.5, 0.6) is 0 Å². The van der Waals surface area contributed by atoms with E-state index < -0.39 is 17.2 Å². The minimum atomic E-state index is -0.547. The zero-order valence-electron chi connectivity index (χ0n) is 12.1. The number of amides is 1. The lowest BCUT2D eigenvalue weighted by molar-refractivity contribution is -0.126. The Kier molecular flexibility index (Phi) is 4.41. The van der Waals surface area contributed by atoms with E-state index in [9.17, 15) is 9.59 Å². The molecule has 1 saturated carbocycles. The van der Waals surface area contributed by atoms with E-state index >= 15 is 0 Å². The third-order valence-electron chi connectivity index (χ3n) is 3.02. The predicted octanol–water partition coefficient (Wildman–Crippen LogP) is 3.05. The highest BCUT2D eigenvalue weighted by Gasteiger charge is 2.32. The second kappa shape index (κ2) is 5.29. The summed E-state index contributed by atoms with van der Waals surface area (Å²) in [6.07, 6.45) is 3.06. The lowest BCUT2D eigenvalue weighted by Crippen LogP contribution is -2.48. The Morgan fingerprint density at radius 3 is 2.11 bits per heavy atom. The van der Waals surface area contributed by atoms with E-state index in [0.29, 0.717) is 6.42 Å². The van der Waals surface area contributed by atoms with Gasteiger partial charge in [-0.3, -0.25) is 4.79 Å². The van der Waals surface area contributed by atoms with Gasteiger partial charge < -0.3 is 10.1 Å². The highest BCUT2D eigenvalue weighted by molar-refractivity contribution is 5.83. The van der Waals surface area contributed by atoms with E-state index in [0.717, 1.165) is 19.3 Å². The molecule has 0 radical (unpaired) electrons. The summed E-state index contributed by atoms with van der Waals surface area (Å²) < 4.78 is 5.19. The molecule has 1 aliphatic carbocycles. The first-order chi connectivity index (χ1) is 8.09. The number of ketones is 1. The summed E-state index contributed by atoms with van der Waals surface area (Å²) in [4.78, 5) is 23.6. The van der Waals surface area contributed by atoms with Crippen LogP contribution in [0.4, 0.5) is 4.79 Å².